The Kier molecular flexibility index (Phi) is 4.49. The monoisotopic (exact) mass is 265 g/mol. The van der Waals surface area contributed by atoms with Crippen LogP contribution in [0.4, 0.5) is 5.69 Å². The fourth-order valence-corrected chi connectivity index (χ4v) is 3.17. The van der Waals surface area contributed by atoms with Gasteiger partial charge in [0.1, 0.15) is 0 Å². The molecule has 1 unspecified atom stereocenters. The van der Waals surface area contributed by atoms with Crippen LogP contribution in [0.1, 0.15) is 28.8 Å². The number of hydrogen-bond donors (Lipinski definition) is 3. The second-order valence-electron chi connectivity index (χ2n) is 4.58. The van der Waals surface area contributed by atoms with Crippen LogP contribution in [0.5, 0.6) is 0 Å². The summed E-state index contributed by atoms with van der Waals surface area (Å²) in [7, 11) is 0. The summed E-state index contributed by atoms with van der Waals surface area (Å²) >= 11 is 1.90. The topological polar surface area (TPSA) is 67.2 Å². The third-order valence-electron chi connectivity index (χ3n) is 3.07. The van der Waals surface area contributed by atoms with Crippen LogP contribution in [0.25, 0.3) is 0 Å². The average molecular weight is 265 g/mol. The molecule has 1 heterocycles. The van der Waals surface area contributed by atoms with E-state index in [1.807, 2.05) is 36.9 Å². The van der Waals surface area contributed by atoms with Gasteiger partial charge in [0.05, 0.1) is 11.3 Å². The maximum absolute atomic E-state index is 12.2. The summed E-state index contributed by atoms with van der Waals surface area (Å²) in [6.45, 7) is 1.97. The van der Waals surface area contributed by atoms with Gasteiger partial charge in [0, 0.05) is 11.8 Å². The number of benzene rings is 1. The number of hydrogen-bond acceptors (Lipinski definition) is 4. The van der Waals surface area contributed by atoms with E-state index in [0.29, 0.717) is 11.3 Å². The Morgan fingerprint density at radius 1 is 1.50 bits per heavy atom. The fourth-order valence-electron chi connectivity index (χ4n) is 2.09. The molecule has 0 radical (unpaired) electrons. The summed E-state index contributed by atoms with van der Waals surface area (Å²) in [6.07, 6.45) is 2.24. The lowest BCUT2D eigenvalue weighted by molar-refractivity contribution is 0.0939. The van der Waals surface area contributed by atoms with E-state index in [-0.39, 0.29) is 11.9 Å². The second-order valence-corrected chi connectivity index (χ2v) is 5.73. The number of rotatable bonds is 3. The highest BCUT2D eigenvalue weighted by molar-refractivity contribution is 7.99. The fraction of sp³-hybridized carbons (Fsp3) is 0.462. The number of aryl methyl sites for hydroxylation is 1. The molecule has 2 rings (SSSR count). The number of anilines is 1. The van der Waals surface area contributed by atoms with Crippen LogP contribution in [0.15, 0.2) is 18.2 Å². The van der Waals surface area contributed by atoms with Crippen molar-refractivity contribution in [2.45, 2.75) is 25.8 Å². The zero-order chi connectivity index (χ0) is 13.0. The van der Waals surface area contributed by atoms with Crippen molar-refractivity contribution in [1.82, 2.24) is 5.32 Å². The Morgan fingerprint density at radius 2 is 2.33 bits per heavy atom. The number of nitrogens with two attached hydrogens (primary N) is 1. The molecule has 0 aliphatic carbocycles. The molecule has 1 aromatic carbocycles. The minimum atomic E-state index is -0.0459. The van der Waals surface area contributed by atoms with Crippen LogP contribution in [0.2, 0.25) is 0 Å². The van der Waals surface area contributed by atoms with Gasteiger partial charge in [-0.25, -0.2) is 0 Å². The van der Waals surface area contributed by atoms with Gasteiger partial charge in [-0.1, -0.05) is 6.07 Å². The smallest absolute Gasteiger partial charge is 0.253 e. The van der Waals surface area contributed by atoms with Crippen LogP contribution in [-0.2, 0) is 0 Å². The number of hydrazine groups is 1. The molecule has 1 saturated heterocycles. The van der Waals surface area contributed by atoms with Gasteiger partial charge in [0.25, 0.3) is 5.91 Å². The lowest BCUT2D eigenvalue weighted by atomic mass is 10.1. The van der Waals surface area contributed by atoms with Crippen LogP contribution < -0.4 is 16.6 Å². The van der Waals surface area contributed by atoms with Crippen molar-refractivity contribution in [2.75, 3.05) is 16.9 Å². The van der Waals surface area contributed by atoms with Crippen LogP contribution in [0.3, 0.4) is 0 Å². The standard InChI is InChI=1S/C13H19N3OS/c1-9-4-5-11(12(7-9)16-14)13(17)15-10-3-2-6-18-8-10/h4-5,7,10,16H,2-3,6,8,14H2,1H3,(H,15,17). The van der Waals surface area contributed by atoms with Gasteiger partial charge in [-0.2, -0.15) is 11.8 Å². The normalized spacial score (nSPS) is 19.3. The Labute approximate surface area is 112 Å². The van der Waals surface area contributed by atoms with Crippen molar-refractivity contribution < 1.29 is 4.79 Å². The SMILES string of the molecule is Cc1ccc(C(=O)NC2CCCSC2)c(NN)c1. The molecule has 98 valence electrons. The van der Waals surface area contributed by atoms with E-state index < -0.39 is 0 Å². The third-order valence-corrected chi connectivity index (χ3v) is 4.29. The summed E-state index contributed by atoms with van der Waals surface area (Å²) in [6, 6.07) is 5.90. The van der Waals surface area contributed by atoms with E-state index in [1.165, 1.54) is 12.2 Å². The number of carbonyl (C=O) groups excluding carboxylic acids is 1. The van der Waals surface area contributed by atoms with Crippen molar-refractivity contribution in [3.63, 3.8) is 0 Å². The predicted molar refractivity (Wildman–Crippen MR) is 76.8 cm³/mol. The minimum absolute atomic E-state index is 0.0459. The van der Waals surface area contributed by atoms with Crippen molar-refractivity contribution in [3.05, 3.63) is 29.3 Å². The molecule has 1 aliphatic heterocycles. The molecule has 1 aliphatic rings. The molecule has 1 amide bonds. The molecule has 0 bridgehead atoms. The molecule has 1 atom stereocenters. The largest absolute Gasteiger partial charge is 0.348 e. The van der Waals surface area contributed by atoms with Gasteiger partial charge < -0.3 is 10.7 Å². The van der Waals surface area contributed by atoms with Crippen molar-refractivity contribution >= 4 is 23.4 Å². The highest BCUT2D eigenvalue weighted by Gasteiger charge is 2.18. The molecule has 0 saturated carbocycles. The third kappa shape index (κ3) is 3.17. The van der Waals surface area contributed by atoms with E-state index >= 15 is 0 Å². The maximum atomic E-state index is 12.2. The van der Waals surface area contributed by atoms with Crippen LogP contribution >= 0.6 is 11.8 Å². The summed E-state index contributed by atoms with van der Waals surface area (Å²) in [5.41, 5.74) is 4.95. The number of nitrogens with one attached hydrogen (secondary N) is 2. The Balaban J connectivity index is 2.08. The molecule has 0 aromatic heterocycles. The Hall–Kier alpha value is -1.20. The summed E-state index contributed by atoms with van der Waals surface area (Å²) in [5.74, 6) is 7.61. The van der Waals surface area contributed by atoms with Crippen molar-refractivity contribution in [2.24, 2.45) is 5.84 Å². The molecule has 4 nitrogen and oxygen atoms in total. The van der Waals surface area contributed by atoms with Gasteiger partial charge in [-0.3, -0.25) is 10.6 Å². The lowest BCUT2D eigenvalue weighted by Crippen LogP contribution is -2.38. The number of amides is 1. The first-order valence-corrected chi connectivity index (χ1v) is 7.32. The van der Waals surface area contributed by atoms with Gasteiger partial charge in [-0.15, -0.1) is 0 Å². The van der Waals surface area contributed by atoms with E-state index in [1.54, 1.807) is 0 Å². The van der Waals surface area contributed by atoms with E-state index in [9.17, 15) is 4.79 Å². The lowest BCUT2D eigenvalue weighted by Gasteiger charge is -2.23. The van der Waals surface area contributed by atoms with E-state index in [0.717, 1.165) is 17.7 Å². The second kappa shape index (κ2) is 6.11. The zero-order valence-corrected chi connectivity index (χ0v) is 11.3. The highest BCUT2D eigenvalue weighted by Crippen LogP contribution is 2.20. The van der Waals surface area contributed by atoms with Gasteiger partial charge in [-0.05, 0) is 43.2 Å². The molecular formula is C13H19N3OS. The molecule has 4 N–H and O–H groups in total. The summed E-state index contributed by atoms with van der Waals surface area (Å²) in [5, 5.41) is 3.07. The summed E-state index contributed by atoms with van der Waals surface area (Å²) in [4.78, 5) is 12.2. The molecule has 5 heteroatoms. The number of nitrogen functional groups attached to an aromatic ring is 1. The number of carbonyl (C=O) groups is 1. The molecule has 1 aromatic rings. The van der Waals surface area contributed by atoms with E-state index in [4.69, 9.17) is 5.84 Å². The Morgan fingerprint density at radius 3 is 3.00 bits per heavy atom. The molecule has 18 heavy (non-hydrogen) atoms. The molecule has 0 spiro atoms. The van der Waals surface area contributed by atoms with Gasteiger partial charge in [0.2, 0.25) is 0 Å². The molecular weight excluding hydrogens is 246 g/mol. The zero-order valence-electron chi connectivity index (χ0n) is 10.5. The van der Waals surface area contributed by atoms with Crippen molar-refractivity contribution in [1.29, 1.82) is 0 Å². The number of thioether (sulfide) groups is 1. The summed E-state index contributed by atoms with van der Waals surface area (Å²) < 4.78 is 0. The first-order chi connectivity index (χ1) is 8.70. The minimum Gasteiger partial charge on any atom is -0.348 e. The van der Waals surface area contributed by atoms with Gasteiger partial charge >= 0.3 is 0 Å². The molecule has 1 fully saturated rings. The first-order valence-electron chi connectivity index (χ1n) is 6.16. The average Bonchev–Trinajstić information content (AvgIpc) is 2.39. The highest BCUT2D eigenvalue weighted by atomic mass is 32.2. The van der Waals surface area contributed by atoms with E-state index in [2.05, 4.69) is 10.7 Å². The predicted octanol–water partition coefficient (Wildman–Crippen LogP) is 1.91. The van der Waals surface area contributed by atoms with Crippen LogP contribution in [-0.4, -0.2) is 23.5 Å². The quantitative estimate of drug-likeness (QED) is 0.577. The van der Waals surface area contributed by atoms with Crippen LogP contribution in [0, 0.1) is 6.92 Å². The first kappa shape index (κ1) is 13.2. The maximum Gasteiger partial charge on any atom is 0.253 e. The van der Waals surface area contributed by atoms with Crippen molar-refractivity contribution in [3.8, 4) is 0 Å². The van der Waals surface area contributed by atoms with Gasteiger partial charge in [0.15, 0.2) is 0 Å². The Bertz CT molecular complexity index is 430.